The SMILES string of the molecule is CC1C2CCCN1CN(c1nnc(-c3ccc(Cl)cc3)s1)C2. The second-order valence-electron chi connectivity index (χ2n) is 6.22. The number of halogens is 1. The Bertz CT molecular complexity index is 642. The molecule has 1 aromatic carbocycles. The number of rotatable bonds is 2. The number of aromatic nitrogens is 2. The van der Waals surface area contributed by atoms with Gasteiger partial charge in [0.2, 0.25) is 5.13 Å². The van der Waals surface area contributed by atoms with E-state index in [1.165, 1.54) is 19.4 Å². The van der Waals surface area contributed by atoms with Crippen LogP contribution >= 0.6 is 22.9 Å². The van der Waals surface area contributed by atoms with E-state index >= 15 is 0 Å². The number of anilines is 1. The molecule has 2 aromatic rings. The molecule has 0 saturated carbocycles. The summed E-state index contributed by atoms with van der Waals surface area (Å²) in [6.45, 7) is 5.65. The topological polar surface area (TPSA) is 32.3 Å². The van der Waals surface area contributed by atoms with Gasteiger partial charge in [0, 0.05) is 29.7 Å². The van der Waals surface area contributed by atoms with Crippen LogP contribution in [0.4, 0.5) is 5.13 Å². The lowest BCUT2D eigenvalue weighted by Gasteiger charge is -2.48. The van der Waals surface area contributed by atoms with Crippen molar-refractivity contribution in [2.24, 2.45) is 5.92 Å². The molecule has 3 atom stereocenters. The molecule has 4 rings (SSSR count). The average molecular weight is 335 g/mol. The summed E-state index contributed by atoms with van der Waals surface area (Å²) >= 11 is 7.62. The molecule has 1 aromatic heterocycles. The Balaban J connectivity index is 1.55. The van der Waals surface area contributed by atoms with E-state index in [-0.39, 0.29) is 0 Å². The molecule has 3 heterocycles. The van der Waals surface area contributed by atoms with E-state index in [2.05, 4.69) is 26.9 Å². The Morgan fingerprint density at radius 2 is 2.05 bits per heavy atom. The first-order valence-electron chi connectivity index (χ1n) is 7.79. The molecule has 2 bridgehead atoms. The summed E-state index contributed by atoms with van der Waals surface area (Å²) in [7, 11) is 0. The van der Waals surface area contributed by atoms with Crippen LogP contribution in [0.25, 0.3) is 10.6 Å². The van der Waals surface area contributed by atoms with Gasteiger partial charge >= 0.3 is 0 Å². The van der Waals surface area contributed by atoms with Crippen molar-refractivity contribution in [1.82, 2.24) is 15.1 Å². The third kappa shape index (κ3) is 2.62. The zero-order valence-corrected chi connectivity index (χ0v) is 14.1. The molecule has 2 fully saturated rings. The van der Waals surface area contributed by atoms with Crippen LogP contribution in [0.3, 0.4) is 0 Å². The van der Waals surface area contributed by atoms with Crippen LogP contribution in [0.2, 0.25) is 5.02 Å². The van der Waals surface area contributed by atoms with Crippen molar-refractivity contribution in [3.63, 3.8) is 0 Å². The molecule has 6 heteroatoms. The van der Waals surface area contributed by atoms with Gasteiger partial charge in [-0.1, -0.05) is 35.1 Å². The minimum atomic E-state index is 0.702. The lowest BCUT2D eigenvalue weighted by molar-refractivity contribution is 0.0753. The zero-order valence-electron chi connectivity index (χ0n) is 12.6. The van der Waals surface area contributed by atoms with Crippen molar-refractivity contribution in [1.29, 1.82) is 0 Å². The normalized spacial score (nSPS) is 27.9. The molecule has 2 aliphatic heterocycles. The van der Waals surface area contributed by atoms with Crippen molar-refractivity contribution in [2.75, 3.05) is 24.7 Å². The molecule has 2 saturated heterocycles. The van der Waals surface area contributed by atoms with Crippen LogP contribution in [-0.2, 0) is 0 Å². The van der Waals surface area contributed by atoms with Crippen LogP contribution in [-0.4, -0.2) is 40.9 Å². The van der Waals surface area contributed by atoms with Gasteiger partial charge in [0.1, 0.15) is 5.01 Å². The summed E-state index contributed by atoms with van der Waals surface area (Å²) in [6, 6.07) is 8.51. The van der Waals surface area contributed by atoms with E-state index in [4.69, 9.17) is 11.6 Å². The Labute approximate surface area is 139 Å². The Morgan fingerprint density at radius 3 is 2.82 bits per heavy atom. The van der Waals surface area contributed by atoms with Gasteiger partial charge in [0.25, 0.3) is 0 Å². The highest BCUT2D eigenvalue weighted by Gasteiger charge is 2.35. The molecular weight excluding hydrogens is 316 g/mol. The average Bonchev–Trinajstić information content (AvgIpc) is 2.97. The minimum absolute atomic E-state index is 0.702. The summed E-state index contributed by atoms with van der Waals surface area (Å²) < 4.78 is 0. The molecule has 0 aliphatic carbocycles. The van der Waals surface area contributed by atoms with Gasteiger partial charge in [0.05, 0.1) is 6.67 Å². The highest BCUT2D eigenvalue weighted by Crippen LogP contribution is 2.35. The molecule has 2 aliphatic rings. The monoisotopic (exact) mass is 334 g/mol. The Hall–Kier alpha value is -1.17. The first-order chi connectivity index (χ1) is 10.7. The fourth-order valence-electron chi connectivity index (χ4n) is 3.49. The minimum Gasteiger partial charge on any atom is -0.333 e. The third-order valence-electron chi connectivity index (χ3n) is 4.86. The molecular formula is C16H19ClN4S. The molecule has 0 amide bonds. The first kappa shape index (κ1) is 14.4. The van der Waals surface area contributed by atoms with E-state index in [9.17, 15) is 0 Å². The standard InChI is InChI=1S/C16H19ClN4S/c1-11-13-3-2-8-20(11)10-21(9-13)16-19-18-15(22-16)12-4-6-14(17)7-5-12/h4-7,11,13H,2-3,8-10H2,1H3. The van der Waals surface area contributed by atoms with E-state index in [0.717, 1.165) is 39.9 Å². The van der Waals surface area contributed by atoms with Gasteiger partial charge in [0.15, 0.2) is 0 Å². The van der Waals surface area contributed by atoms with Crippen LogP contribution < -0.4 is 4.90 Å². The van der Waals surface area contributed by atoms with Crippen molar-refractivity contribution >= 4 is 28.1 Å². The molecule has 3 unspecified atom stereocenters. The summed E-state index contributed by atoms with van der Waals surface area (Å²) in [5.74, 6) is 0.755. The Morgan fingerprint density at radius 1 is 1.23 bits per heavy atom. The van der Waals surface area contributed by atoms with E-state index < -0.39 is 0 Å². The molecule has 0 spiro atoms. The quantitative estimate of drug-likeness (QED) is 0.837. The number of fused-ring (bicyclic) bond motifs is 2. The smallest absolute Gasteiger partial charge is 0.209 e. The first-order valence-corrected chi connectivity index (χ1v) is 8.98. The van der Waals surface area contributed by atoms with E-state index in [0.29, 0.717) is 6.04 Å². The summed E-state index contributed by atoms with van der Waals surface area (Å²) in [4.78, 5) is 4.96. The van der Waals surface area contributed by atoms with Gasteiger partial charge in [-0.25, -0.2) is 0 Å². The highest BCUT2D eigenvalue weighted by molar-refractivity contribution is 7.18. The number of hydrogen-bond donors (Lipinski definition) is 0. The molecule has 0 radical (unpaired) electrons. The van der Waals surface area contributed by atoms with Crippen molar-refractivity contribution in [3.05, 3.63) is 29.3 Å². The maximum Gasteiger partial charge on any atom is 0.209 e. The number of hydrogen-bond acceptors (Lipinski definition) is 5. The predicted octanol–water partition coefficient (Wildman–Crippen LogP) is 3.74. The lowest BCUT2D eigenvalue weighted by Crippen LogP contribution is -2.57. The van der Waals surface area contributed by atoms with Crippen LogP contribution in [0.15, 0.2) is 24.3 Å². The summed E-state index contributed by atoms with van der Waals surface area (Å²) in [5, 5.41) is 11.5. The van der Waals surface area contributed by atoms with Gasteiger partial charge in [-0.3, -0.25) is 4.90 Å². The number of benzene rings is 1. The van der Waals surface area contributed by atoms with Crippen LogP contribution in [0.1, 0.15) is 19.8 Å². The Kier molecular flexibility index (Phi) is 3.80. The van der Waals surface area contributed by atoms with Crippen molar-refractivity contribution < 1.29 is 0 Å². The van der Waals surface area contributed by atoms with E-state index in [1.807, 2.05) is 24.3 Å². The molecule has 116 valence electrons. The predicted molar refractivity (Wildman–Crippen MR) is 91.5 cm³/mol. The van der Waals surface area contributed by atoms with Crippen LogP contribution in [0, 0.1) is 5.92 Å². The fourth-order valence-corrected chi connectivity index (χ4v) is 4.47. The van der Waals surface area contributed by atoms with Gasteiger partial charge in [-0.15, -0.1) is 10.2 Å². The highest BCUT2D eigenvalue weighted by atomic mass is 35.5. The lowest BCUT2D eigenvalue weighted by atomic mass is 9.88. The number of piperidine rings is 1. The van der Waals surface area contributed by atoms with Crippen molar-refractivity contribution in [3.8, 4) is 10.6 Å². The summed E-state index contributed by atoms with van der Waals surface area (Å²) in [6.07, 6.45) is 2.66. The second-order valence-corrected chi connectivity index (χ2v) is 7.61. The fraction of sp³-hybridized carbons (Fsp3) is 0.500. The zero-order chi connectivity index (χ0) is 15.1. The van der Waals surface area contributed by atoms with Gasteiger partial charge in [-0.2, -0.15) is 0 Å². The third-order valence-corrected chi connectivity index (χ3v) is 6.15. The number of nitrogens with zero attached hydrogens (tertiary/aromatic N) is 4. The maximum atomic E-state index is 5.95. The largest absolute Gasteiger partial charge is 0.333 e. The molecule has 22 heavy (non-hydrogen) atoms. The second kappa shape index (κ2) is 5.80. The molecule has 4 nitrogen and oxygen atoms in total. The van der Waals surface area contributed by atoms with Gasteiger partial charge in [-0.05, 0) is 37.8 Å². The van der Waals surface area contributed by atoms with Crippen molar-refractivity contribution in [2.45, 2.75) is 25.8 Å². The van der Waals surface area contributed by atoms with Crippen LogP contribution in [0.5, 0.6) is 0 Å². The summed E-state index contributed by atoms with van der Waals surface area (Å²) in [5.41, 5.74) is 1.08. The molecule has 0 N–H and O–H groups in total. The maximum absolute atomic E-state index is 5.95. The van der Waals surface area contributed by atoms with Gasteiger partial charge < -0.3 is 4.90 Å². The van der Waals surface area contributed by atoms with E-state index in [1.54, 1.807) is 11.3 Å².